The molecule has 0 bridgehead atoms. The molecular weight excluding hydrogens is 555 g/mol. The number of aromatic nitrogens is 2. The summed E-state index contributed by atoms with van der Waals surface area (Å²) < 4.78 is 43.4. The first-order valence-electron chi connectivity index (χ1n) is 14.7. The number of amides is 2. The average Bonchev–Trinajstić information content (AvgIpc) is 3.50. The number of hydrogen-bond donors (Lipinski definition) is 0. The molecule has 224 valence electrons. The SMILES string of the molecule is CN1CCC(C(=O)N2CCC(n3ncc(C(=O)N4CCCC4c4ccccc4C(F)(F)F)c3C3CC3)CC2)CC1.Cl. The molecule has 41 heavy (non-hydrogen) atoms. The summed E-state index contributed by atoms with van der Waals surface area (Å²) in [6.07, 6.45) is 3.72. The number of carbonyl (C=O) groups excluding carboxylic acids is 2. The lowest BCUT2D eigenvalue weighted by molar-refractivity contribution is -0.139. The molecule has 4 fully saturated rings. The molecular formula is C30H39ClF3N5O2. The van der Waals surface area contributed by atoms with Crippen LogP contribution in [0.2, 0.25) is 0 Å². The molecule has 6 rings (SSSR count). The number of hydrogen-bond acceptors (Lipinski definition) is 4. The highest BCUT2D eigenvalue weighted by molar-refractivity contribution is 5.96. The summed E-state index contributed by atoms with van der Waals surface area (Å²) in [5.41, 5.74) is 0.964. The van der Waals surface area contributed by atoms with Gasteiger partial charge in [-0.15, -0.1) is 12.4 Å². The van der Waals surface area contributed by atoms with Gasteiger partial charge < -0.3 is 14.7 Å². The molecule has 1 unspecified atom stereocenters. The topological polar surface area (TPSA) is 61.7 Å². The van der Waals surface area contributed by atoms with Gasteiger partial charge >= 0.3 is 6.18 Å². The molecule has 4 heterocycles. The van der Waals surface area contributed by atoms with Crippen LogP contribution >= 0.6 is 12.4 Å². The Bertz CT molecular complexity index is 1250. The first kappa shape index (κ1) is 29.9. The molecule has 11 heteroatoms. The van der Waals surface area contributed by atoms with Gasteiger partial charge in [-0.2, -0.15) is 18.3 Å². The van der Waals surface area contributed by atoms with Gasteiger partial charge in [0.2, 0.25) is 5.91 Å². The van der Waals surface area contributed by atoms with E-state index in [-0.39, 0.29) is 47.7 Å². The maximum atomic E-state index is 13.9. The summed E-state index contributed by atoms with van der Waals surface area (Å²) in [4.78, 5) is 32.9. The van der Waals surface area contributed by atoms with Gasteiger partial charge in [0.05, 0.1) is 35.1 Å². The normalized spacial score (nSPS) is 23.1. The van der Waals surface area contributed by atoms with E-state index in [1.165, 1.54) is 12.1 Å². The molecule has 2 amide bonds. The molecule has 3 saturated heterocycles. The smallest absolute Gasteiger partial charge is 0.342 e. The summed E-state index contributed by atoms with van der Waals surface area (Å²) in [5.74, 6) is 0.412. The Morgan fingerprint density at radius 1 is 0.902 bits per heavy atom. The number of alkyl halides is 3. The van der Waals surface area contributed by atoms with E-state index in [2.05, 4.69) is 11.9 Å². The van der Waals surface area contributed by atoms with Crippen LogP contribution in [-0.4, -0.2) is 76.1 Å². The van der Waals surface area contributed by atoms with Crippen LogP contribution in [0.15, 0.2) is 30.5 Å². The van der Waals surface area contributed by atoms with Crippen LogP contribution in [0.1, 0.15) is 96.5 Å². The second-order valence-corrected chi connectivity index (χ2v) is 12.0. The Kier molecular flexibility index (Phi) is 8.71. The molecule has 3 aliphatic heterocycles. The Morgan fingerprint density at radius 3 is 2.24 bits per heavy atom. The van der Waals surface area contributed by atoms with Gasteiger partial charge in [0, 0.05) is 31.5 Å². The number of rotatable bonds is 5. The molecule has 0 radical (unpaired) electrons. The minimum Gasteiger partial charge on any atom is -0.342 e. The molecule has 4 aliphatic rings. The Balaban J connectivity index is 0.00000337. The van der Waals surface area contributed by atoms with E-state index in [1.54, 1.807) is 17.2 Å². The number of benzene rings is 1. The van der Waals surface area contributed by atoms with Gasteiger partial charge in [0.1, 0.15) is 0 Å². The van der Waals surface area contributed by atoms with Crippen LogP contribution in [0, 0.1) is 5.92 Å². The van der Waals surface area contributed by atoms with E-state index in [0.29, 0.717) is 38.0 Å². The van der Waals surface area contributed by atoms with E-state index in [4.69, 9.17) is 5.10 Å². The fraction of sp³-hybridized carbons (Fsp3) is 0.633. The van der Waals surface area contributed by atoms with Gasteiger partial charge in [-0.05, 0) is 83.1 Å². The van der Waals surface area contributed by atoms with Gasteiger partial charge in [0.15, 0.2) is 0 Å². The van der Waals surface area contributed by atoms with Crippen LogP contribution in [0.4, 0.5) is 13.2 Å². The molecule has 2 aromatic rings. The second kappa shape index (κ2) is 12.0. The predicted molar refractivity (Wildman–Crippen MR) is 151 cm³/mol. The average molecular weight is 594 g/mol. The van der Waals surface area contributed by atoms with Crippen molar-refractivity contribution >= 4 is 24.2 Å². The zero-order valence-electron chi connectivity index (χ0n) is 23.5. The molecule has 1 saturated carbocycles. The lowest BCUT2D eigenvalue weighted by atomic mass is 9.94. The molecule has 1 aromatic heterocycles. The number of halogens is 4. The highest BCUT2D eigenvalue weighted by atomic mass is 35.5. The van der Waals surface area contributed by atoms with E-state index in [1.807, 2.05) is 9.58 Å². The van der Waals surface area contributed by atoms with Gasteiger partial charge in [-0.25, -0.2) is 0 Å². The third-order valence-electron chi connectivity index (χ3n) is 9.36. The maximum absolute atomic E-state index is 13.9. The summed E-state index contributed by atoms with van der Waals surface area (Å²) in [6, 6.07) is 5.13. The molecule has 1 aromatic carbocycles. The Morgan fingerprint density at radius 2 is 1.59 bits per heavy atom. The van der Waals surface area contributed by atoms with Crippen molar-refractivity contribution in [2.45, 2.75) is 75.5 Å². The van der Waals surface area contributed by atoms with Gasteiger partial charge in [0.25, 0.3) is 5.91 Å². The Hall–Kier alpha value is -2.59. The third-order valence-corrected chi connectivity index (χ3v) is 9.36. The van der Waals surface area contributed by atoms with Crippen molar-refractivity contribution in [2.75, 3.05) is 39.8 Å². The van der Waals surface area contributed by atoms with Crippen LogP contribution in [0.25, 0.3) is 0 Å². The van der Waals surface area contributed by atoms with E-state index < -0.39 is 17.8 Å². The molecule has 1 atom stereocenters. The van der Waals surface area contributed by atoms with Gasteiger partial charge in [-0.3, -0.25) is 14.3 Å². The first-order valence-corrected chi connectivity index (χ1v) is 14.7. The molecule has 1 aliphatic carbocycles. The zero-order valence-corrected chi connectivity index (χ0v) is 24.3. The van der Waals surface area contributed by atoms with Crippen molar-refractivity contribution in [1.82, 2.24) is 24.5 Å². The van der Waals surface area contributed by atoms with Crippen LogP contribution in [0.3, 0.4) is 0 Å². The Labute approximate surface area is 245 Å². The largest absolute Gasteiger partial charge is 0.416 e. The van der Waals surface area contributed by atoms with Crippen LogP contribution < -0.4 is 0 Å². The number of likely N-dealkylation sites (tertiary alicyclic amines) is 3. The number of carbonyl (C=O) groups is 2. The predicted octanol–water partition coefficient (Wildman–Crippen LogP) is 5.68. The summed E-state index contributed by atoms with van der Waals surface area (Å²) in [5, 5.41) is 4.70. The summed E-state index contributed by atoms with van der Waals surface area (Å²) in [6.45, 7) is 3.72. The highest BCUT2D eigenvalue weighted by Crippen LogP contribution is 2.45. The minimum absolute atomic E-state index is 0. The number of piperidine rings is 2. The van der Waals surface area contributed by atoms with Crippen molar-refractivity contribution in [3.63, 3.8) is 0 Å². The van der Waals surface area contributed by atoms with E-state index in [9.17, 15) is 22.8 Å². The van der Waals surface area contributed by atoms with Crippen LogP contribution in [0.5, 0.6) is 0 Å². The van der Waals surface area contributed by atoms with Crippen molar-refractivity contribution in [2.24, 2.45) is 5.92 Å². The van der Waals surface area contributed by atoms with Crippen molar-refractivity contribution in [3.05, 3.63) is 52.8 Å². The molecule has 0 N–H and O–H groups in total. The van der Waals surface area contributed by atoms with Crippen molar-refractivity contribution in [3.8, 4) is 0 Å². The quantitative estimate of drug-likeness (QED) is 0.447. The molecule has 7 nitrogen and oxygen atoms in total. The highest BCUT2D eigenvalue weighted by Gasteiger charge is 2.42. The summed E-state index contributed by atoms with van der Waals surface area (Å²) >= 11 is 0. The van der Waals surface area contributed by atoms with Gasteiger partial charge in [-0.1, -0.05) is 18.2 Å². The minimum atomic E-state index is -4.47. The first-order chi connectivity index (χ1) is 19.2. The third kappa shape index (κ3) is 6.00. The number of nitrogens with zero attached hydrogens (tertiary/aromatic N) is 5. The second-order valence-electron chi connectivity index (χ2n) is 12.0. The fourth-order valence-electron chi connectivity index (χ4n) is 6.97. The van der Waals surface area contributed by atoms with E-state index >= 15 is 0 Å². The standard InChI is InChI=1S/C30H38F3N5O2.ClH/c1-35-15-10-21(11-16-35)28(39)36-17-12-22(13-18-36)38-27(20-8-9-20)24(19-34-38)29(40)37-14-4-7-26(37)23-5-2-3-6-25(23)30(31,32)33;/h2-3,5-6,19-22,26H,4,7-18H2,1H3;1H. The van der Waals surface area contributed by atoms with Crippen molar-refractivity contribution in [1.29, 1.82) is 0 Å². The fourth-order valence-corrected chi connectivity index (χ4v) is 6.97. The lowest BCUT2D eigenvalue weighted by Gasteiger charge is -2.37. The van der Waals surface area contributed by atoms with Crippen LogP contribution in [-0.2, 0) is 11.0 Å². The van der Waals surface area contributed by atoms with E-state index in [0.717, 1.165) is 63.4 Å². The lowest BCUT2D eigenvalue weighted by Crippen LogP contribution is -2.45. The maximum Gasteiger partial charge on any atom is 0.416 e. The molecule has 0 spiro atoms. The summed E-state index contributed by atoms with van der Waals surface area (Å²) in [7, 11) is 2.10. The van der Waals surface area contributed by atoms with Crippen molar-refractivity contribution < 1.29 is 22.8 Å². The monoisotopic (exact) mass is 593 g/mol. The zero-order chi connectivity index (χ0) is 28.0.